The van der Waals surface area contributed by atoms with Gasteiger partial charge in [-0.1, -0.05) is 12.1 Å². The number of hydrogen-bond donors (Lipinski definition) is 1. The fourth-order valence-corrected chi connectivity index (χ4v) is 6.46. The number of hydrogen-bond acceptors (Lipinski definition) is 5. The summed E-state index contributed by atoms with van der Waals surface area (Å²) in [5, 5.41) is 9.16. The third-order valence-electron chi connectivity index (χ3n) is 8.45. The van der Waals surface area contributed by atoms with Crippen LogP contribution in [0.1, 0.15) is 65.5 Å². The largest absolute Gasteiger partial charge is 0.493 e. The fraction of sp³-hybridized carbons (Fsp3) is 0.424. The Bertz CT molecular complexity index is 1400. The topological polar surface area (TPSA) is 74.2 Å². The molecular weight excluding hydrogens is 511 g/mol. The van der Waals surface area contributed by atoms with E-state index in [-0.39, 0.29) is 18.2 Å². The Hall–Kier alpha value is -3.58. The van der Waals surface area contributed by atoms with Crippen LogP contribution < -0.4 is 14.2 Å². The second-order valence-corrected chi connectivity index (χ2v) is 11.2. The molecule has 210 valence electrons. The number of carboxylic acids is 1. The van der Waals surface area contributed by atoms with E-state index in [2.05, 4.69) is 26.0 Å². The van der Waals surface area contributed by atoms with Gasteiger partial charge in [-0.3, -0.25) is 4.79 Å². The fourth-order valence-electron chi connectivity index (χ4n) is 6.46. The molecule has 1 unspecified atom stereocenters. The summed E-state index contributed by atoms with van der Waals surface area (Å²) in [6, 6.07) is 13.1. The lowest BCUT2D eigenvalue weighted by Crippen LogP contribution is -2.21. The van der Waals surface area contributed by atoms with Crippen molar-refractivity contribution in [2.24, 2.45) is 5.92 Å². The Morgan fingerprint density at radius 2 is 1.80 bits per heavy atom. The van der Waals surface area contributed by atoms with Crippen molar-refractivity contribution in [1.82, 2.24) is 0 Å². The van der Waals surface area contributed by atoms with Crippen LogP contribution in [0.15, 0.2) is 42.5 Å². The third-order valence-corrected chi connectivity index (χ3v) is 8.45. The molecule has 3 aliphatic rings. The highest BCUT2D eigenvalue weighted by Crippen LogP contribution is 2.45. The average molecular weight is 547 g/mol. The maximum atomic E-state index is 15.3. The van der Waals surface area contributed by atoms with Crippen molar-refractivity contribution in [3.63, 3.8) is 0 Å². The summed E-state index contributed by atoms with van der Waals surface area (Å²) in [7, 11) is 0. The first kappa shape index (κ1) is 26.6. The standard InChI is InChI=1S/C33H35FO6/c1-19-13-24(38-17-21-9-11-37-12-10-21)14-20(2)32(19)26-5-7-28(34)33-27(26)6-8-29(33)40-23-3-4-25-22(15-31(35)36)18-39-30(25)16-23/h3-5,7,13-14,16,21-22,29H,6,8-12,15,17-18H2,1-2H3,(H,35,36)/t22?,29-/m1/s1. The van der Waals surface area contributed by atoms with Crippen LogP contribution in [0.25, 0.3) is 11.1 Å². The summed E-state index contributed by atoms with van der Waals surface area (Å²) in [4.78, 5) is 11.2. The lowest BCUT2D eigenvalue weighted by Gasteiger charge is -2.23. The molecule has 0 radical (unpaired) electrons. The Balaban J connectivity index is 1.22. The first-order valence-electron chi connectivity index (χ1n) is 14.2. The predicted octanol–water partition coefficient (Wildman–Crippen LogP) is 6.93. The zero-order valence-corrected chi connectivity index (χ0v) is 23.0. The zero-order chi connectivity index (χ0) is 27.8. The maximum absolute atomic E-state index is 15.3. The minimum atomic E-state index is -0.849. The smallest absolute Gasteiger partial charge is 0.304 e. The van der Waals surface area contributed by atoms with Gasteiger partial charge in [-0.2, -0.15) is 0 Å². The zero-order valence-electron chi connectivity index (χ0n) is 23.0. The van der Waals surface area contributed by atoms with Crippen molar-refractivity contribution in [3.05, 3.63) is 76.1 Å². The van der Waals surface area contributed by atoms with Crippen molar-refractivity contribution in [3.8, 4) is 28.4 Å². The molecule has 3 aromatic carbocycles. The van der Waals surface area contributed by atoms with Gasteiger partial charge >= 0.3 is 5.97 Å². The maximum Gasteiger partial charge on any atom is 0.304 e. The molecule has 2 heterocycles. The van der Waals surface area contributed by atoms with Crippen molar-refractivity contribution >= 4 is 5.97 Å². The molecule has 6 nitrogen and oxygen atoms in total. The molecule has 1 fully saturated rings. The van der Waals surface area contributed by atoms with Crippen LogP contribution >= 0.6 is 0 Å². The predicted molar refractivity (Wildman–Crippen MR) is 149 cm³/mol. The summed E-state index contributed by atoms with van der Waals surface area (Å²) in [6.45, 7) is 6.82. The minimum Gasteiger partial charge on any atom is -0.493 e. The average Bonchev–Trinajstić information content (AvgIpc) is 3.53. The molecule has 6 rings (SSSR count). The van der Waals surface area contributed by atoms with Crippen LogP contribution in [-0.2, 0) is 16.0 Å². The second-order valence-electron chi connectivity index (χ2n) is 11.2. The van der Waals surface area contributed by atoms with Crippen LogP contribution in [0.4, 0.5) is 4.39 Å². The molecule has 1 saturated heterocycles. The highest BCUT2D eigenvalue weighted by atomic mass is 19.1. The molecule has 3 aromatic rings. The monoisotopic (exact) mass is 546 g/mol. The minimum absolute atomic E-state index is 0.0269. The van der Waals surface area contributed by atoms with Gasteiger partial charge in [-0.25, -0.2) is 4.39 Å². The van der Waals surface area contributed by atoms with Crippen molar-refractivity contribution in [2.45, 2.75) is 58.0 Å². The Morgan fingerprint density at radius 3 is 2.55 bits per heavy atom. The summed E-state index contributed by atoms with van der Waals surface area (Å²) < 4.78 is 39.0. The van der Waals surface area contributed by atoms with E-state index in [0.717, 1.165) is 71.6 Å². The van der Waals surface area contributed by atoms with Crippen LogP contribution in [0.2, 0.25) is 0 Å². The van der Waals surface area contributed by atoms with E-state index < -0.39 is 12.1 Å². The first-order valence-corrected chi connectivity index (χ1v) is 14.2. The molecule has 0 saturated carbocycles. The number of carboxylic acid groups (broad SMARTS) is 1. The van der Waals surface area contributed by atoms with E-state index in [0.29, 0.717) is 42.6 Å². The lowest BCUT2D eigenvalue weighted by molar-refractivity contribution is -0.137. The summed E-state index contributed by atoms with van der Waals surface area (Å²) in [5.41, 5.74) is 6.85. The molecule has 1 aliphatic carbocycles. The van der Waals surface area contributed by atoms with E-state index in [1.165, 1.54) is 0 Å². The number of aryl methyl sites for hydroxylation is 2. The van der Waals surface area contributed by atoms with Gasteiger partial charge in [-0.15, -0.1) is 0 Å². The van der Waals surface area contributed by atoms with Gasteiger partial charge in [0, 0.05) is 36.3 Å². The SMILES string of the molecule is Cc1cc(OCC2CCOCC2)cc(C)c1-c1ccc(F)c2c1CC[C@H]2Oc1ccc2c(c1)OCC2CC(=O)O. The van der Waals surface area contributed by atoms with Crippen molar-refractivity contribution in [2.75, 3.05) is 26.4 Å². The molecule has 0 amide bonds. The number of benzene rings is 3. The molecule has 2 aliphatic heterocycles. The van der Waals surface area contributed by atoms with Gasteiger partial charge in [0.1, 0.15) is 29.2 Å². The highest BCUT2D eigenvalue weighted by molar-refractivity contribution is 5.76. The Kier molecular flexibility index (Phi) is 7.41. The van der Waals surface area contributed by atoms with Gasteiger partial charge in [0.15, 0.2) is 0 Å². The molecule has 7 heteroatoms. The van der Waals surface area contributed by atoms with Crippen LogP contribution in [0.5, 0.6) is 17.2 Å². The van der Waals surface area contributed by atoms with Gasteiger partial charge in [0.05, 0.1) is 19.6 Å². The molecule has 0 bridgehead atoms. The first-order chi connectivity index (χ1) is 19.4. The summed E-state index contributed by atoms with van der Waals surface area (Å²) >= 11 is 0. The highest BCUT2D eigenvalue weighted by Gasteiger charge is 2.32. The number of fused-ring (bicyclic) bond motifs is 2. The molecule has 2 atom stereocenters. The summed E-state index contributed by atoms with van der Waals surface area (Å²) in [5.74, 6) is 1.35. The number of carbonyl (C=O) groups is 1. The molecule has 0 spiro atoms. The second kappa shape index (κ2) is 11.1. The van der Waals surface area contributed by atoms with Gasteiger partial charge in [0.25, 0.3) is 0 Å². The van der Waals surface area contributed by atoms with Crippen molar-refractivity contribution in [1.29, 1.82) is 0 Å². The Labute approximate surface area is 234 Å². The number of aliphatic carboxylic acids is 1. The van der Waals surface area contributed by atoms with E-state index in [9.17, 15) is 4.79 Å². The van der Waals surface area contributed by atoms with Crippen LogP contribution in [0, 0.1) is 25.6 Å². The third kappa shape index (κ3) is 5.27. The molecular formula is C33H35FO6. The van der Waals surface area contributed by atoms with E-state index in [1.807, 2.05) is 18.2 Å². The van der Waals surface area contributed by atoms with Gasteiger partial charge in [0.2, 0.25) is 0 Å². The number of ether oxygens (including phenoxy) is 4. The van der Waals surface area contributed by atoms with Gasteiger partial charge in [-0.05, 0) is 97.5 Å². The van der Waals surface area contributed by atoms with E-state index in [1.54, 1.807) is 12.1 Å². The van der Waals surface area contributed by atoms with E-state index >= 15 is 4.39 Å². The molecule has 0 aromatic heterocycles. The Morgan fingerprint density at radius 1 is 1.02 bits per heavy atom. The van der Waals surface area contributed by atoms with Crippen molar-refractivity contribution < 1.29 is 33.2 Å². The number of rotatable bonds is 8. The van der Waals surface area contributed by atoms with Crippen LogP contribution in [-0.4, -0.2) is 37.5 Å². The molecule has 40 heavy (non-hydrogen) atoms. The molecule has 1 N–H and O–H groups in total. The summed E-state index contributed by atoms with van der Waals surface area (Å²) in [6.07, 6.45) is 3.07. The van der Waals surface area contributed by atoms with Crippen LogP contribution in [0.3, 0.4) is 0 Å². The normalized spacial score (nSPS) is 20.1. The van der Waals surface area contributed by atoms with E-state index in [4.69, 9.17) is 24.1 Å². The van der Waals surface area contributed by atoms with Gasteiger partial charge < -0.3 is 24.1 Å². The quantitative estimate of drug-likeness (QED) is 0.330. The number of halogens is 1. The lowest BCUT2D eigenvalue weighted by atomic mass is 9.90.